The van der Waals surface area contributed by atoms with Gasteiger partial charge in [-0.1, -0.05) is 6.07 Å². The molecule has 1 atom stereocenters. The lowest BCUT2D eigenvalue weighted by Crippen LogP contribution is -2.26. The minimum Gasteiger partial charge on any atom is -0.494 e. The van der Waals surface area contributed by atoms with Gasteiger partial charge in [0, 0.05) is 5.56 Å². The standard InChI is InChI=1S/C16H15FN4O2/c1-9(10-4-6-15(23-2)12(17)7-10)18-16(22)11-3-5-13-14(8-11)20-21-19-13/h3-9H,1-2H3,(H,18,22)(H,19,20,21)/t9-/m1/s1. The van der Waals surface area contributed by atoms with Crippen molar-refractivity contribution in [1.82, 2.24) is 20.7 Å². The van der Waals surface area contributed by atoms with Crippen LogP contribution in [0.4, 0.5) is 4.39 Å². The van der Waals surface area contributed by atoms with E-state index in [0.717, 1.165) is 0 Å². The highest BCUT2D eigenvalue weighted by molar-refractivity contribution is 5.97. The summed E-state index contributed by atoms with van der Waals surface area (Å²) in [6.45, 7) is 1.79. The Morgan fingerprint density at radius 2 is 2.00 bits per heavy atom. The number of aromatic amines is 1. The van der Waals surface area contributed by atoms with E-state index in [1.54, 1.807) is 31.2 Å². The molecule has 0 saturated carbocycles. The van der Waals surface area contributed by atoms with Crippen molar-refractivity contribution in [3.05, 3.63) is 53.3 Å². The highest BCUT2D eigenvalue weighted by Gasteiger charge is 2.14. The van der Waals surface area contributed by atoms with Gasteiger partial charge in [-0.25, -0.2) is 4.39 Å². The third-order valence-corrected chi connectivity index (χ3v) is 3.60. The van der Waals surface area contributed by atoms with Gasteiger partial charge in [0.05, 0.1) is 13.2 Å². The first-order valence-corrected chi connectivity index (χ1v) is 7.03. The van der Waals surface area contributed by atoms with Crippen molar-refractivity contribution >= 4 is 16.9 Å². The number of nitrogens with one attached hydrogen (secondary N) is 2. The Morgan fingerprint density at radius 3 is 2.74 bits per heavy atom. The summed E-state index contributed by atoms with van der Waals surface area (Å²) in [7, 11) is 1.41. The van der Waals surface area contributed by atoms with Gasteiger partial charge in [0.1, 0.15) is 11.0 Å². The number of hydrogen-bond donors (Lipinski definition) is 2. The number of carbonyl (C=O) groups is 1. The predicted octanol–water partition coefficient (Wildman–Crippen LogP) is 2.60. The first-order chi connectivity index (χ1) is 11.1. The van der Waals surface area contributed by atoms with Crippen LogP contribution < -0.4 is 10.1 Å². The van der Waals surface area contributed by atoms with Gasteiger partial charge in [-0.05, 0) is 42.8 Å². The third-order valence-electron chi connectivity index (χ3n) is 3.60. The number of carbonyl (C=O) groups excluding carboxylic acids is 1. The molecule has 0 unspecified atom stereocenters. The average Bonchev–Trinajstić information content (AvgIpc) is 3.02. The molecule has 7 heteroatoms. The normalized spacial score (nSPS) is 12.1. The predicted molar refractivity (Wildman–Crippen MR) is 82.7 cm³/mol. The van der Waals surface area contributed by atoms with Crippen molar-refractivity contribution < 1.29 is 13.9 Å². The molecule has 2 N–H and O–H groups in total. The maximum Gasteiger partial charge on any atom is 0.251 e. The van der Waals surface area contributed by atoms with E-state index in [2.05, 4.69) is 20.7 Å². The second kappa shape index (κ2) is 6.04. The lowest BCUT2D eigenvalue weighted by atomic mass is 10.1. The molecule has 0 saturated heterocycles. The van der Waals surface area contributed by atoms with Crippen LogP contribution >= 0.6 is 0 Å². The molecule has 1 heterocycles. The number of nitrogens with zero attached hydrogens (tertiary/aromatic N) is 2. The van der Waals surface area contributed by atoms with E-state index in [1.165, 1.54) is 19.2 Å². The minimum atomic E-state index is -0.463. The van der Waals surface area contributed by atoms with Crippen molar-refractivity contribution in [2.75, 3.05) is 7.11 Å². The lowest BCUT2D eigenvalue weighted by molar-refractivity contribution is 0.0940. The van der Waals surface area contributed by atoms with Crippen molar-refractivity contribution in [2.24, 2.45) is 0 Å². The zero-order valence-electron chi connectivity index (χ0n) is 12.6. The van der Waals surface area contributed by atoms with E-state index in [0.29, 0.717) is 22.2 Å². The fraction of sp³-hybridized carbons (Fsp3) is 0.188. The molecule has 0 radical (unpaired) electrons. The van der Waals surface area contributed by atoms with Gasteiger partial charge in [-0.3, -0.25) is 4.79 Å². The maximum atomic E-state index is 13.8. The molecule has 118 valence electrons. The molecule has 1 aromatic heterocycles. The van der Waals surface area contributed by atoms with E-state index < -0.39 is 5.82 Å². The molecule has 2 aromatic carbocycles. The van der Waals surface area contributed by atoms with E-state index in [-0.39, 0.29) is 17.7 Å². The number of H-pyrrole nitrogens is 1. The monoisotopic (exact) mass is 314 g/mol. The Kier molecular flexibility index (Phi) is 3.92. The van der Waals surface area contributed by atoms with Crippen LogP contribution in [0.25, 0.3) is 11.0 Å². The van der Waals surface area contributed by atoms with Crippen LogP contribution in [0.5, 0.6) is 5.75 Å². The van der Waals surface area contributed by atoms with Gasteiger partial charge in [0.15, 0.2) is 11.6 Å². The Bertz CT molecular complexity index is 862. The summed E-state index contributed by atoms with van der Waals surface area (Å²) in [5, 5.41) is 13.2. The smallest absolute Gasteiger partial charge is 0.251 e. The lowest BCUT2D eigenvalue weighted by Gasteiger charge is -2.15. The molecule has 1 amide bonds. The molecule has 0 aliphatic heterocycles. The average molecular weight is 314 g/mol. The van der Waals surface area contributed by atoms with E-state index in [4.69, 9.17) is 4.74 Å². The number of hydrogen-bond acceptors (Lipinski definition) is 4. The Balaban J connectivity index is 1.77. The van der Waals surface area contributed by atoms with Crippen molar-refractivity contribution in [3.63, 3.8) is 0 Å². The first-order valence-electron chi connectivity index (χ1n) is 7.03. The number of fused-ring (bicyclic) bond motifs is 1. The van der Waals surface area contributed by atoms with Crippen molar-refractivity contribution in [2.45, 2.75) is 13.0 Å². The summed E-state index contributed by atoms with van der Waals surface area (Å²) in [5.74, 6) is -0.558. The largest absolute Gasteiger partial charge is 0.494 e. The summed E-state index contributed by atoms with van der Waals surface area (Å²) in [5.41, 5.74) is 2.42. The Morgan fingerprint density at radius 1 is 1.22 bits per heavy atom. The fourth-order valence-electron chi connectivity index (χ4n) is 2.30. The van der Waals surface area contributed by atoms with Gasteiger partial charge in [-0.2, -0.15) is 15.4 Å². The van der Waals surface area contributed by atoms with Crippen LogP contribution in [-0.2, 0) is 0 Å². The number of rotatable bonds is 4. The summed E-state index contributed by atoms with van der Waals surface area (Å²) in [6, 6.07) is 9.28. The molecule has 0 bridgehead atoms. The van der Waals surface area contributed by atoms with Gasteiger partial charge in [0.25, 0.3) is 5.91 Å². The zero-order valence-corrected chi connectivity index (χ0v) is 12.6. The summed E-state index contributed by atoms with van der Waals surface area (Å²) in [6.07, 6.45) is 0. The molecule has 0 fully saturated rings. The number of ether oxygens (including phenoxy) is 1. The van der Waals surface area contributed by atoms with E-state index in [1.807, 2.05) is 0 Å². The Hall–Kier alpha value is -2.96. The minimum absolute atomic E-state index is 0.170. The summed E-state index contributed by atoms with van der Waals surface area (Å²) < 4.78 is 18.6. The van der Waals surface area contributed by atoms with Gasteiger partial charge in [-0.15, -0.1) is 0 Å². The van der Waals surface area contributed by atoms with Crippen LogP contribution in [0, 0.1) is 5.82 Å². The van der Waals surface area contributed by atoms with Crippen molar-refractivity contribution in [1.29, 1.82) is 0 Å². The molecule has 0 aliphatic rings. The van der Waals surface area contributed by atoms with E-state index in [9.17, 15) is 9.18 Å². The number of aromatic nitrogens is 3. The van der Waals surface area contributed by atoms with Crippen LogP contribution in [0.15, 0.2) is 36.4 Å². The molecule has 0 spiro atoms. The number of methoxy groups -OCH3 is 1. The second-order valence-corrected chi connectivity index (χ2v) is 5.12. The van der Waals surface area contributed by atoms with E-state index >= 15 is 0 Å². The highest BCUT2D eigenvalue weighted by Crippen LogP contribution is 2.22. The topological polar surface area (TPSA) is 79.9 Å². The van der Waals surface area contributed by atoms with Gasteiger partial charge < -0.3 is 10.1 Å². The molecular formula is C16H15FN4O2. The van der Waals surface area contributed by atoms with Crippen LogP contribution in [0.2, 0.25) is 0 Å². The number of amides is 1. The van der Waals surface area contributed by atoms with Crippen molar-refractivity contribution in [3.8, 4) is 5.75 Å². The van der Waals surface area contributed by atoms with Crippen LogP contribution in [0.3, 0.4) is 0 Å². The number of halogens is 1. The highest BCUT2D eigenvalue weighted by atomic mass is 19.1. The molecule has 3 rings (SSSR count). The summed E-state index contributed by atoms with van der Waals surface area (Å²) in [4.78, 5) is 12.3. The summed E-state index contributed by atoms with van der Waals surface area (Å²) >= 11 is 0. The second-order valence-electron chi connectivity index (χ2n) is 5.12. The third kappa shape index (κ3) is 2.98. The molecule has 3 aromatic rings. The van der Waals surface area contributed by atoms with Gasteiger partial charge >= 0.3 is 0 Å². The SMILES string of the molecule is COc1ccc([C@@H](C)NC(=O)c2ccc3n[nH]nc3c2)cc1F. The molecule has 6 nitrogen and oxygen atoms in total. The quantitative estimate of drug-likeness (QED) is 0.776. The number of benzene rings is 2. The molecule has 0 aliphatic carbocycles. The van der Waals surface area contributed by atoms with Crippen LogP contribution in [-0.4, -0.2) is 28.4 Å². The molecular weight excluding hydrogens is 299 g/mol. The zero-order chi connectivity index (χ0) is 16.4. The van der Waals surface area contributed by atoms with Crippen LogP contribution in [0.1, 0.15) is 28.9 Å². The van der Waals surface area contributed by atoms with Gasteiger partial charge in [0.2, 0.25) is 0 Å². The fourth-order valence-corrected chi connectivity index (χ4v) is 2.30. The maximum absolute atomic E-state index is 13.8. The Labute approximate surface area is 131 Å². The molecule has 23 heavy (non-hydrogen) atoms. The first kappa shape index (κ1) is 15.0.